The van der Waals surface area contributed by atoms with Gasteiger partial charge in [-0.3, -0.25) is 28.8 Å². The minimum absolute atomic E-state index is 0.0512. The van der Waals surface area contributed by atoms with Crippen molar-refractivity contribution in [1.29, 1.82) is 0 Å². The van der Waals surface area contributed by atoms with Gasteiger partial charge in [-0.05, 0) is 69.7 Å². The van der Waals surface area contributed by atoms with Crippen LogP contribution in [0.2, 0.25) is 0 Å². The second-order valence-corrected chi connectivity index (χ2v) is 13.5. The fraction of sp³-hybridized carbons (Fsp3) is 0.583. The van der Waals surface area contributed by atoms with Crippen LogP contribution in [0.25, 0.3) is 0 Å². The summed E-state index contributed by atoms with van der Waals surface area (Å²) in [5.74, 6) is -6.63. The molecule has 6 atom stereocenters. The molecule has 0 radical (unpaired) electrons. The van der Waals surface area contributed by atoms with E-state index in [9.17, 15) is 42.3 Å². The van der Waals surface area contributed by atoms with Crippen LogP contribution in [-0.2, 0) is 44.7 Å². The molecule has 3 N–H and O–H groups in total. The van der Waals surface area contributed by atoms with Crippen molar-refractivity contribution in [3.05, 3.63) is 47.5 Å². The maximum atomic E-state index is 14.2. The third-order valence-corrected chi connectivity index (χ3v) is 9.66. The van der Waals surface area contributed by atoms with Crippen LogP contribution >= 0.6 is 0 Å². The number of cyclic esters (lactones) is 1. The van der Waals surface area contributed by atoms with Crippen LogP contribution in [0.1, 0.15) is 71.3 Å². The Balaban J connectivity index is 1.66. The van der Waals surface area contributed by atoms with Gasteiger partial charge in [0.15, 0.2) is 0 Å². The van der Waals surface area contributed by atoms with Crippen LogP contribution in [0.3, 0.4) is 0 Å². The topological polar surface area (TPSA) is 175 Å². The maximum absolute atomic E-state index is 14.2. The lowest BCUT2D eigenvalue weighted by atomic mass is 10.0. The van der Waals surface area contributed by atoms with Gasteiger partial charge in [-0.1, -0.05) is 25.8 Å². The Morgan fingerprint density at radius 2 is 1.60 bits per heavy atom. The summed E-state index contributed by atoms with van der Waals surface area (Å²) < 4.78 is 33.8. The molecule has 0 spiro atoms. The van der Waals surface area contributed by atoms with E-state index < -0.39 is 95.9 Å². The molecule has 0 saturated carbocycles. The fourth-order valence-corrected chi connectivity index (χ4v) is 6.62. The number of benzene rings is 1. The maximum Gasteiger partial charge on any atom is 0.328 e. The van der Waals surface area contributed by atoms with Gasteiger partial charge in [-0.2, -0.15) is 0 Å². The zero-order valence-electron chi connectivity index (χ0n) is 30.0. The molecule has 52 heavy (non-hydrogen) atoms. The van der Waals surface area contributed by atoms with Crippen LogP contribution in [0.5, 0.6) is 0 Å². The first-order chi connectivity index (χ1) is 24.7. The largest absolute Gasteiger partial charge is 0.461 e. The second-order valence-electron chi connectivity index (χ2n) is 13.5. The summed E-state index contributed by atoms with van der Waals surface area (Å²) in [4.78, 5) is 98.3. The number of esters is 1. The van der Waals surface area contributed by atoms with E-state index in [4.69, 9.17) is 4.74 Å². The van der Waals surface area contributed by atoms with E-state index in [1.165, 1.54) is 41.7 Å². The number of allylic oxidation sites excluding steroid dienone is 1. The molecule has 284 valence electrons. The first-order valence-corrected chi connectivity index (χ1v) is 17.8. The van der Waals surface area contributed by atoms with E-state index in [0.717, 1.165) is 25.0 Å². The second kappa shape index (κ2) is 18.0. The molecule has 3 saturated heterocycles. The van der Waals surface area contributed by atoms with Crippen molar-refractivity contribution in [2.75, 3.05) is 26.7 Å². The molecule has 0 aliphatic carbocycles. The Kier molecular flexibility index (Phi) is 13.8. The van der Waals surface area contributed by atoms with Gasteiger partial charge in [0.1, 0.15) is 54.5 Å². The predicted molar refractivity (Wildman–Crippen MR) is 183 cm³/mol. The molecule has 6 amide bonds. The highest BCUT2D eigenvalue weighted by Crippen LogP contribution is 2.23. The third kappa shape index (κ3) is 9.91. The van der Waals surface area contributed by atoms with Crippen molar-refractivity contribution in [2.24, 2.45) is 0 Å². The van der Waals surface area contributed by atoms with Gasteiger partial charge in [0.2, 0.25) is 35.4 Å². The van der Waals surface area contributed by atoms with Gasteiger partial charge in [0, 0.05) is 32.6 Å². The Labute approximate surface area is 301 Å². The molecule has 1 aromatic carbocycles. The predicted octanol–water partition coefficient (Wildman–Crippen LogP) is 1.11. The quantitative estimate of drug-likeness (QED) is 0.193. The van der Waals surface area contributed by atoms with Gasteiger partial charge >= 0.3 is 5.97 Å². The van der Waals surface area contributed by atoms with Crippen LogP contribution in [0, 0.1) is 11.6 Å². The van der Waals surface area contributed by atoms with Crippen LogP contribution < -0.4 is 16.0 Å². The van der Waals surface area contributed by atoms with Crippen molar-refractivity contribution in [3.8, 4) is 0 Å². The minimum atomic E-state index is -1.56. The van der Waals surface area contributed by atoms with Crippen molar-refractivity contribution in [3.63, 3.8) is 0 Å². The Morgan fingerprint density at radius 1 is 0.962 bits per heavy atom. The first kappa shape index (κ1) is 39.9. The monoisotopic (exact) mass is 730 g/mol. The van der Waals surface area contributed by atoms with Gasteiger partial charge in [0.25, 0.3) is 0 Å². The molecule has 1 aromatic rings. The molecule has 4 rings (SSSR count). The summed E-state index contributed by atoms with van der Waals surface area (Å²) in [6, 6.07) is -4.36. The van der Waals surface area contributed by atoms with E-state index in [1.54, 1.807) is 6.08 Å². The number of likely N-dealkylation sites (N-methyl/N-ethyl adjacent to an activating group) is 1. The highest BCUT2D eigenvalue weighted by atomic mass is 19.1. The third-order valence-electron chi connectivity index (χ3n) is 9.66. The van der Waals surface area contributed by atoms with Gasteiger partial charge in [-0.15, -0.1) is 0 Å². The molecule has 3 fully saturated rings. The minimum Gasteiger partial charge on any atom is -0.461 e. The summed E-state index contributed by atoms with van der Waals surface area (Å²) in [5.41, 5.74) is 0.0512. The van der Waals surface area contributed by atoms with Crippen molar-refractivity contribution in [1.82, 2.24) is 30.7 Å². The number of halogens is 2. The number of carbonyl (C=O) groups excluding carboxylic acids is 7. The highest BCUT2D eigenvalue weighted by molar-refractivity contribution is 5.98. The number of ether oxygens (including phenoxy) is 1. The van der Waals surface area contributed by atoms with Gasteiger partial charge in [-0.25, -0.2) is 13.6 Å². The Hall–Kier alpha value is -4.89. The molecule has 0 bridgehead atoms. The lowest BCUT2D eigenvalue weighted by Gasteiger charge is -2.34. The molecule has 3 heterocycles. The molecular formula is C36H48F2N6O8. The number of fused-ring (bicyclic) bond motifs is 2. The number of carbonyl (C=O) groups is 7. The van der Waals surface area contributed by atoms with E-state index in [-0.39, 0.29) is 37.9 Å². The van der Waals surface area contributed by atoms with Crippen LogP contribution in [-0.4, -0.2) is 119 Å². The number of hydrogen-bond donors (Lipinski definition) is 3. The number of nitrogens with zero attached hydrogens (tertiary/aromatic N) is 3. The summed E-state index contributed by atoms with van der Waals surface area (Å²) in [7, 11) is 1.42. The average Bonchev–Trinajstić information content (AvgIpc) is 3.80. The lowest BCUT2D eigenvalue weighted by molar-refractivity contribution is -0.158. The SMILES string of the molecule is CCCCC=CC(=O)N[C@H](Cc1cc(F)cc(F)c1)C(=O)N[C@H]1COC(=O)[C@@H]2CCCN2C(=O)[C@H](C)NC(=O)[C@H](C)N(C)C(=O)[C@@H]2CCCN2C1=O. The normalized spacial score (nSPS) is 25.5. The summed E-state index contributed by atoms with van der Waals surface area (Å²) in [5, 5.41) is 7.71. The van der Waals surface area contributed by atoms with Gasteiger partial charge < -0.3 is 35.4 Å². The van der Waals surface area contributed by atoms with Crippen molar-refractivity contribution < 1.29 is 47.1 Å². The molecule has 0 aromatic heterocycles. The lowest BCUT2D eigenvalue weighted by Crippen LogP contribution is -2.60. The zero-order chi connectivity index (χ0) is 38.1. The average molecular weight is 731 g/mol. The number of unbranched alkanes of at least 4 members (excludes halogenated alkanes) is 2. The van der Waals surface area contributed by atoms with Gasteiger partial charge in [0.05, 0.1) is 0 Å². The van der Waals surface area contributed by atoms with Crippen molar-refractivity contribution in [2.45, 2.75) is 108 Å². The molecule has 16 heteroatoms. The number of hydrogen-bond acceptors (Lipinski definition) is 8. The van der Waals surface area contributed by atoms with Crippen LogP contribution in [0.15, 0.2) is 30.4 Å². The number of rotatable bonds is 9. The Bertz CT molecular complexity index is 1550. The molecule has 0 unspecified atom stereocenters. The summed E-state index contributed by atoms with van der Waals surface area (Å²) >= 11 is 0. The first-order valence-electron chi connectivity index (χ1n) is 17.8. The van der Waals surface area contributed by atoms with E-state index in [0.29, 0.717) is 25.3 Å². The van der Waals surface area contributed by atoms with E-state index in [1.807, 2.05) is 6.92 Å². The zero-order valence-corrected chi connectivity index (χ0v) is 30.0. The molecule has 3 aliphatic heterocycles. The Morgan fingerprint density at radius 3 is 2.25 bits per heavy atom. The summed E-state index contributed by atoms with van der Waals surface area (Å²) in [6.45, 7) is 4.62. The standard InChI is InChI=1S/C36H48F2N6O8/c1-5-6-7-8-13-30(45)40-26(18-23-16-24(37)19-25(38)17-23)32(47)41-27-20-52-36(51)29-12-10-15-44(29)33(48)21(2)39-31(46)22(3)42(4)35(50)28-11-9-14-43(28)34(27)49/h8,13,16-17,19,21-22,26-29H,5-7,9-12,14-15,18,20H2,1-4H3,(H,39,46)(H,40,45)(H,41,47)/t21-,22-,26+,27-,28-,29-/m0/s1. The van der Waals surface area contributed by atoms with E-state index >= 15 is 0 Å². The number of amides is 6. The molecular weight excluding hydrogens is 682 g/mol. The van der Waals surface area contributed by atoms with E-state index in [2.05, 4.69) is 16.0 Å². The van der Waals surface area contributed by atoms with Crippen LogP contribution in [0.4, 0.5) is 8.78 Å². The molecule has 14 nitrogen and oxygen atoms in total. The van der Waals surface area contributed by atoms with Crippen molar-refractivity contribution >= 4 is 41.4 Å². The fourth-order valence-electron chi connectivity index (χ4n) is 6.62. The summed E-state index contributed by atoms with van der Waals surface area (Å²) in [6.07, 6.45) is 6.26. The molecule has 3 aliphatic rings. The smallest absolute Gasteiger partial charge is 0.328 e. The highest BCUT2D eigenvalue weighted by Gasteiger charge is 2.43. The number of nitrogens with one attached hydrogen (secondary N) is 3.